The molecule has 3 N–H and O–H groups in total. The molecule has 0 bridgehead atoms. The predicted octanol–water partition coefficient (Wildman–Crippen LogP) is 3.04. The Morgan fingerprint density at radius 2 is 2.29 bits per heavy atom. The van der Waals surface area contributed by atoms with E-state index in [4.69, 9.17) is 5.73 Å². The zero-order chi connectivity index (χ0) is 10.6. The molecule has 0 aliphatic carbocycles. The van der Waals surface area contributed by atoms with Crippen LogP contribution in [0.4, 0.5) is 11.4 Å². The smallest absolute Gasteiger partial charge is 0.0575 e. The van der Waals surface area contributed by atoms with Crippen molar-refractivity contribution in [3.8, 4) is 0 Å². The standard InChI is InChI=1S/C10H15IN2S/c1-7(14-2)6-13-10-4-3-8(11)5-9(10)12/h3-5,7,13H,6,12H2,1-2H3. The molecule has 1 aromatic carbocycles. The van der Waals surface area contributed by atoms with Gasteiger partial charge in [-0.3, -0.25) is 0 Å². The summed E-state index contributed by atoms with van der Waals surface area (Å²) in [5, 5.41) is 3.95. The molecule has 0 aliphatic heterocycles. The largest absolute Gasteiger partial charge is 0.397 e. The van der Waals surface area contributed by atoms with Gasteiger partial charge in [-0.1, -0.05) is 6.92 Å². The molecule has 78 valence electrons. The molecular weight excluding hydrogens is 307 g/mol. The van der Waals surface area contributed by atoms with Crippen molar-refractivity contribution in [2.75, 3.05) is 23.9 Å². The normalized spacial score (nSPS) is 12.5. The van der Waals surface area contributed by atoms with Gasteiger partial charge in [0.05, 0.1) is 11.4 Å². The lowest BCUT2D eigenvalue weighted by Gasteiger charge is -2.12. The topological polar surface area (TPSA) is 38.0 Å². The van der Waals surface area contributed by atoms with Gasteiger partial charge in [0, 0.05) is 15.4 Å². The average Bonchev–Trinajstić information content (AvgIpc) is 2.16. The second-order valence-electron chi connectivity index (χ2n) is 3.16. The molecule has 1 rings (SSSR count). The van der Waals surface area contributed by atoms with Crippen LogP contribution in [0.15, 0.2) is 18.2 Å². The first-order chi connectivity index (χ1) is 6.63. The quantitative estimate of drug-likeness (QED) is 0.661. The minimum absolute atomic E-state index is 0.605. The molecule has 14 heavy (non-hydrogen) atoms. The minimum Gasteiger partial charge on any atom is -0.397 e. The van der Waals surface area contributed by atoms with Crippen LogP contribution in [0.1, 0.15) is 6.92 Å². The van der Waals surface area contributed by atoms with E-state index in [0.29, 0.717) is 5.25 Å². The summed E-state index contributed by atoms with van der Waals surface area (Å²) in [6.45, 7) is 3.15. The van der Waals surface area contributed by atoms with E-state index in [-0.39, 0.29) is 0 Å². The lowest BCUT2D eigenvalue weighted by molar-refractivity contribution is 1.00. The van der Waals surface area contributed by atoms with Crippen LogP contribution < -0.4 is 11.1 Å². The van der Waals surface area contributed by atoms with Gasteiger partial charge in [0.2, 0.25) is 0 Å². The van der Waals surface area contributed by atoms with Crippen LogP contribution in [0, 0.1) is 3.57 Å². The molecule has 0 fully saturated rings. The number of rotatable bonds is 4. The number of hydrogen-bond acceptors (Lipinski definition) is 3. The zero-order valence-corrected chi connectivity index (χ0v) is 11.4. The number of nitrogen functional groups attached to an aromatic ring is 1. The lowest BCUT2D eigenvalue weighted by Crippen LogP contribution is -2.13. The van der Waals surface area contributed by atoms with Gasteiger partial charge in [0.15, 0.2) is 0 Å². The van der Waals surface area contributed by atoms with E-state index in [1.54, 1.807) is 0 Å². The molecule has 4 heteroatoms. The van der Waals surface area contributed by atoms with Gasteiger partial charge in [0.25, 0.3) is 0 Å². The molecule has 0 heterocycles. The van der Waals surface area contributed by atoms with Crippen LogP contribution >= 0.6 is 34.4 Å². The first-order valence-corrected chi connectivity index (χ1v) is 6.82. The van der Waals surface area contributed by atoms with E-state index in [1.807, 2.05) is 23.9 Å². The average molecular weight is 322 g/mol. The van der Waals surface area contributed by atoms with Crippen LogP contribution in [0.2, 0.25) is 0 Å². The Labute approximate surface area is 103 Å². The van der Waals surface area contributed by atoms with Crippen molar-refractivity contribution < 1.29 is 0 Å². The Kier molecular flexibility index (Phi) is 4.88. The Morgan fingerprint density at radius 1 is 1.57 bits per heavy atom. The van der Waals surface area contributed by atoms with E-state index in [2.05, 4.69) is 47.2 Å². The van der Waals surface area contributed by atoms with E-state index in [1.165, 1.54) is 3.57 Å². The molecule has 0 saturated carbocycles. The highest BCUT2D eigenvalue weighted by Crippen LogP contribution is 2.21. The van der Waals surface area contributed by atoms with Crippen molar-refractivity contribution in [2.24, 2.45) is 0 Å². The van der Waals surface area contributed by atoms with Crippen LogP contribution in [0.3, 0.4) is 0 Å². The maximum Gasteiger partial charge on any atom is 0.0575 e. The van der Waals surface area contributed by atoms with Crippen molar-refractivity contribution >= 4 is 45.7 Å². The summed E-state index contributed by atoms with van der Waals surface area (Å²) in [5.74, 6) is 0. The fourth-order valence-electron chi connectivity index (χ4n) is 1.03. The number of hydrogen-bond donors (Lipinski definition) is 2. The second-order valence-corrected chi connectivity index (χ2v) is 5.68. The van der Waals surface area contributed by atoms with E-state index >= 15 is 0 Å². The van der Waals surface area contributed by atoms with Crippen molar-refractivity contribution in [3.63, 3.8) is 0 Å². The number of nitrogens with one attached hydrogen (secondary N) is 1. The van der Waals surface area contributed by atoms with Crippen molar-refractivity contribution in [1.82, 2.24) is 0 Å². The zero-order valence-electron chi connectivity index (χ0n) is 8.38. The molecule has 2 nitrogen and oxygen atoms in total. The maximum absolute atomic E-state index is 5.87. The van der Waals surface area contributed by atoms with Crippen LogP contribution in [-0.2, 0) is 0 Å². The van der Waals surface area contributed by atoms with Gasteiger partial charge in [-0.15, -0.1) is 0 Å². The molecule has 1 atom stereocenters. The Bertz CT molecular complexity index is 304. The Hall–Kier alpha value is -0.100. The van der Waals surface area contributed by atoms with Gasteiger partial charge in [-0.05, 0) is 47.0 Å². The number of halogens is 1. The summed E-state index contributed by atoms with van der Waals surface area (Å²) in [4.78, 5) is 0. The first-order valence-electron chi connectivity index (χ1n) is 4.45. The minimum atomic E-state index is 0.605. The van der Waals surface area contributed by atoms with Crippen LogP contribution in [-0.4, -0.2) is 18.1 Å². The SMILES string of the molecule is CSC(C)CNc1ccc(I)cc1N. The fourth-order valence-corrected chi connectivity index (χ4v) is 1.80. The van der Waals surface area contributed by atoms with Gasteiger partial charge in [0.1, 0.15) is 0 Å². The van der Waals surface area contributed by atoms with Gasteiger partial charge in [-0.25, -0.2) is 0 Å². The highest BCUT2D eigenvalue weighted by Gasteiger charge is 2.02. The molecule has 0 amide bonds. The summed E-state index contributed by atoms with van der Waals surface area (Å²) in [6.07, 6.45) is 2.11. The summed E-state index contributed by atoms with van der Waals surface area (Å²) in [6, 6.07) is 6.07. The lowest BCUT2D eigenvalue weighted by atomic mass is 10.2. The van der Waals surface area contributed by atoms with Crippen molar-refractivity contribution in [1.29, 1.82) is 0 Å². The fraction of sp³-hybridized carbons (Fsp3) is 0.400. The third-order valence-electron chi connectivity index (χ3n) is 2.00. The van der Waals surface area contributed by atoms with Crippen molar-refractivity contribution in [2.45, 2.75) is 12.2 Å². The van der Waals surface area contributed by atoms with E-state index < -0.39 is 0 Å². The van der Waals surface area contributed by atoms with E-state index in [9.17, 15) is 0 Å². The molecular formula is C10H15IN2S. The Balaban J connectivity index is 2.59. The summed E-state index contributed by atoms with van der Waals surface area (Å²) in [5.41, 5.74) is 7.73. The highest BCUT2D eigenvalue weighted by atomic mass is 127. The van der Waals surface area contributed by atoms with Crippen molar-refractivity contribution in [3.05, 3.63) is 21.8 Å². The summed E-state index contributed by atoms with van der Waals surface area (Å²) < 4.78 is 1.17. The molecule has 0 radical (unpaired) electrons. The van der Waals surface area contributed by atoms with Gasteiger partial charge in [-0.2, -0.15) is 11.8 Å². The Morgan fingerprint density at radius 3 is 2.86 bits per heavy atom. The number of benzene rings is 1. The highest BCUT2D eigenvalue weighted by molar-refractivity contribution is 14.1. The molecule has 0 aromatic heterocycles. The third-order valence-corrected chi connectivity index (χ3v) is 3.64. The van der Waals surface area contributed by atoms with Crippen LogP contribution in [0.5, 0.6) is 0 Å². The molecule has 0 spiro atoms. The number of anilines is 2. The van der Waals surface area contributed by atoms with Crippen LogP contribution in [0.25, 0.3) is 0 Å². The number of thioether (sulfide) groups is 1. The number of nitrogens with two attached hydrogens (primary N) is 1. The summed E-state index contributed by atoms with van der Waals surface area (Å²) in [7, 11) is 0. The third kappa shape index (κ3) is 3.57. The predicted molar refractivity (Wildman–Crippen MR) is 75.0 cm³/mol. The van der Waals surface area contributed by atoms with Gasteiger partial charge >= 0.3 is 0 Å². The monoisotopic (exact) mass is 322 g/mol. The second kappa shape index (κ2) is 5.70. The molecule has 1 unspecified atom stereocenters. The maximum atomic E-state index is 5.87. The molecule has 1 aromatic rings. The van der Waals surface area contributed by atoms with Gasteiger partial charge < -0.3 is 11.1 Å². The van der Waals surface area contributed by atoms with E-state index in [0.717, 1.165) is 17.9 Å². The molecule has 0 saturated heterocycles. The molecule has 0 aliphatic rings. The first kappa shape index (κ1) is 12.0. The summed E-state index contributed by atoms with van der Waals surface area (Å²) >= 11 is 4.11.